The Balaban J connectivity index is 1.31. The molecule has 4 rings (SSSR count). The Morgan fingerprint density at radius 3 is 2.10 bits per heavy atom. The Hall–Kier alpha value is -2.86. The monoisotopic (exact) mass is 420 g/mol. The van der Waals surface area contributed by atoms with E-state index in [1.807, 2.05) is 12.1 Å². The number of benzene rings is 2. The largest absolute Gasteiger partial charge is 0.370 e. The SMILES string of the molecule is CN(C)C1CCN(c2ccc(NC(=O)c3ccc(NC(=O)C4CCCC4)cc3)cc2)C1. The molecule has 1 aliphatic carbocycles. The van der Waals surface area contributed by atoms with Gasteiger partial charge in [0.15, 0.2) is 0 Å². The molecule has 164 valence electrons. The lowest BCUT2D eigenvalue weighted by atomic mass is 10.1. The molecule has 1 saturated carbocycles. The van der Waals surface area contributed by atoms with E-state index in [4.69, 9.17) is 0 Å². The molecule has 2 aromatic carbocycles. The van der Waals surface area contributed by atoms with Gasteiger partial charge < -0.3 is 20.4 Å². The van der Waals surface area contributed by atoms with Crippen LogP contribution in [-0.2, 0) is 4.79 Å². The highest BCUT2D eigenvalue weighted by molar-refractivity contribution is 6.04. The van der Waals surface area contributed by atoms with Gasteiger partial charge in [-0.3, -0.25) is 9.59 Å². The molecule has 31 heavy (non-hydrogen) atoms. The fourth-order valence-corrected chi connectivity index (χ4v) is 4.49. The minimum atomic E-state index is -0.157. The van der Waals surface area contributed by atoms with Crippen molar-refractivity contribution in [3.05, 3.63) is 54.1 Å². The van der Waals surface area contributed by atoms with E-state index in [1.165, 1.54) is 12.1 Å². The fraction of sp³-hybridized carbons (Fsp3) is 0.440. The molecule has 2 aliphatic rings. The molecule has 2 N–H and O–H groups in total. The minimum absolute atomic E-state index is 0.0877. The van der Waals surface area contributed by atoms with Crippen LogP contribution in [0.4, 0.5) is 17.1 Å². The third-order valence-electron chi connectivity index (χ3n) is 6.52. The first kappa shape index (κ1) is 21.4. The Kier molecular flexibility index (Phi) is 6.56. The van der Waals surface area contributed by atoms with Gasteiger partial charge in [-0.15, -0.1) is 0 Å². The van der Waals surface area contributed by atoms with Crippen LogP contribution in [0.5, 0.6) is 0 Å². The van der Waals surface area contributed by atoms with Gasteiger partial charge in [-0.25, -0.2) is 0 Å². The summed E-state index contributed by atoms with van der Waals surface area (Å²) in [7, 11) is 4.26. The number of nitrogens with zero attached hydrogens (tertiary/aromatic N) is 2. The maximum absolute atomic E-state index is 12.6. The number of hydrogen-bond acceptors (Lipinski definition) is 4. The summed E-state index contributed by atoms with van der Waals surface area (Å²) >= 11 is 0. The molecule has 1 heterocycles. The topological polar surface area (TPSA) is 64.7 Å². The van der Waals surface area contributed by atoms with Gasteiger partial charge in [-0.05, 0) is 81.9 Å². The van der Waals surface area contributed by atoms with Gasteiger partial charge in [0.1, 0.15) is 0 Å². The molecule has 0 bridgehead atoms. The molecule has 0 radical (unpaired) electrons. The number of amides is 2. The highest BCUT2D eigenvalue weighted by Crippen LogP contribution is 2.26. The lowest BCUT2D eigenvalue weighted by molar-refractivity contribution is -0.119. The van der Waals surface area contributed by atoms with Gasteiger partial charge in [0, 0.05) is 47.7 Å². The number of anilines is 3. The highest BCUT2D eigenvalue weighted by Gasteiger charge is 2.24. The zero-order chi connectivity index (χ0) is 21.8. The Bertz CT molecular complexity index is 902. The van der Waals surface area contributed by atoms with Gasteiger partial charge in [0.2, 0.25) is 5.91 Å². The van der Waals surface area contributed by atoms with Crippen LogP contribution in [0.1, 0.15) is 42.5 Å². The van der Waals surface area contributed by atoms with Crippen LogP contribution in [0.15, 0.2) is 48.5 Å². The number of rotatable bonds is 6. The quantitative estimate of drug-likeness (QED) is 0.735. The number of nitrogens with one attached hydrogen (secondary N) is 2. The average Bonchev–Trinajstić information content (AvgIpc) is 3.47. The second-order valence-corrected chi connectivity index (χ2v) is 8.90. The molecule has 1 unspecified atom stereocenters. The lowest BCUT2D eigenvalue weighted by Crippen LogP contribution is -2.31. The summed E-state index contributed by atoms with van der Waals surface area (Å²) in [6.07, 6.45) is 5.38. The summed E-state index contributed by atoms with van der Waals surface area (Å²) in [5.41, 5.74) is 3.26. The lowest BCUT2D eigenvalue weighted by Gasteiger charge is -2.22. The molecular formula is C25H32N4O2. The predicted octanol–water partition coefficient (Wildman–Crippen LogP) is 4.21. The molecule has 6 nitrogen and oxygen atoms in total. The minimum Gasteiger partial charge on any atom is -0.370 e. The van der Waals surface area contributed by atoms with Gasteiger partial charge >= 0.3 is 0 Å². The molecular weight excluding hydrogens is 388 g/mol. The maximum atomic E-state index is 12.6. The van der Waals surface area contributed by atoms with Crippen LogP contribution < -0.4 is 15.5 Å². The van der Waals surface area contributed by atoms with E-state index in [0.29, 0.717) is 11.6 Å². The first-order valence-corrected chi connectivity index (χ1v) is 11.2. The van der Waals surface area contributed by atoms with Crippen LogP contribution >= 0.6 is 0 Å². The van der Waals surface area contributed by atoms with E-state index in [2.05, 4.69) is 46.7 Å². The zero-order valence-corrected chi connectivity index (χ0v) is 18.4. The molecule has 1 aliphatic heterocycles. The number of hydrogen-bond donors (Lipinski definition) is 2. The Morgan fingerprint density at radius 2 is 1.48 bits per heavy atom. The second-order valence-electron chi connectivity index (χ2n) is 8.90. The standard InChI is InChI=1S/C25H32N4O2/c1-28(2)23-15-16-29(17-23)22-13-11-21(12-14-22)27-25(31)19-7-9-20(10-8-19)26-24(30)18-5-3-4-6-18/h7-14,18,23H,3-6,15-17H2,1-2H3,(H,26,30)(H,27,31). The van der Waals surface area contributed by atoms with Gasteiger partial charge in [0.25, 0.3) is 5.91 Å². The molecule has 0 aromatic heterocycles. The Labute approximate surface area is 184 Å². The first-order valence-electron chi connectivity index (χ1n) is 11.2. The van der Waals surface area contributed by atoms with Crippen molar-refractivity contribution in [2.75, 3.05) is 42.7 Å². The van der Waals surface area contributed by atoms with E-state index >= 15 is 0 Å². The van der Waals surface area contributed by atoms with Crippen molar-refractivity contribution in [1.82, 2.24) is 4.90 Å². The van der Waals surface area contributed by atoms with Crippen LogP contribution in [0.25, 0.3) is 0 Å². The number of carbonyl (C=O) groups excluding carboxylic acids is 2. The van der Waals surface area contributed by atoms with Crippen molar-refractivity contribution in [2.24, 2.45) is 5.92 Å². The van der Waals surface area contributed by atoms with Crippen molar-refractivity contribution in [3.8, 4) is 0 Å². The van der Waals surface area contributed by atoms with Crippen molar-refractivity contribution in [2.45, 2.75) is 38.1 Å². The van der Waals surface area contributed by atoms with E-state index < -0.39 is 0 Å². The molecule has 6 heteroatoms. The van der Waals surface area contributed by atoms with E-state index in [0.717, 1.165) is 50.1 Å². The summed E-state index contributed by atoms with van der Waals surface area (Å²) in [5, 5.41) is 5.92. The predicted molar refractivity (Wildman–Crippen MR) is 126 cm³/mol. The smallest absolute Gasteiger partial charge is 0.255 e. The first-order chi connectivity index (χ1) is 15.0. The third kappa shape index (κ3) is 5.25. The zero-order valence-electron chi connectivity index (χ0n) is 18.4. The van der Waals surface area contributed by atoms with Crippen LogP contribution in [0, 0.1) is 5.92 Å². The van der Waals surface area contributed by atoms with E-state index in [9.17, 15) is 9.59 Å². The Morgan fingerprint density at radius 1 is 0.871 bits per heavy atom. The van der Waals surface area contributed by atoms with E-state index in [1.54, 1.807) is 24.3 Å². The number of carbonyl (C=O) groups is 2. The summed E-state index contributed by atoms with van der Waals surface area (Å²) in [6.45, 7) is 2.08. The molecule has 2 amide bonds. The van der Waals surface area contributed by atoms with E-state index in [-0.39, 0.29) is 17.7 Å². The van der Waals surface area contributed by atoms with Crippen molar-refractivity contribution >= 4 is 28.9 Å². The third-order valence-corrected chi connectivity index (χ3v) is 6.52. The second kappa shape index (κ2) is 9.52. The molecule has 2 aromatic rings. The molecule has 1 saturated heterocycles. The fourth-order valence-electron chi connectivity index (χ4n) is 4.49. The molecule has 2 fully saturated rings. The maximum Gasteiger partial charge on any atom is 0.255 e. The van der Waals surface area contributed by atoms with Crippen molar-refractivity contribution in [1.29, 1.82) is 0 Å². The van der Waals surface area contributed by atoms with Crippen molar-refractivity contribution < 1.29 is 9.59 Å². The van der Waals surface area contributed by atoms with Gasteiger partial charge in [-0.1, -0.05) is 12.8 Å². The summed E-state index contributed by atoms with van der Waals surface area (Å²) in [5.74, 6) is 0.0558. The summed E-state index contributed by atoms with van der Waals surface area (Å²) < 4.78 is 0. The normalized spacial score (nSPS) is 19.1. The van der Waals surface area contributed by atoms with Crippen LogP contribution in [0.2, 0.25) is 0 Å². The number of likely N-dealkylation sites (N-methyl/N-ethyl adjacent to an activating group) is 1. The molecule has 1 atom stereocenters. The van der Waals surface area contributed by atoms with Crippen LogP contribution in [-0.4, -0.2) is 49.9 Å². The average molecular weight is 421 g/mol. The van der Waals surface area contributed by atoms with Gasteiger partial charge in [-0.2, -0.15) is 0 Å². The highest BCUT2D eigenvalue weighted by atomic mass is 16.2. The molecule has 0 spiro atoms. The van der Waals surface area contributed by atoms with Crippen LogP contribution in [0.3, 0.4) is 0 Å². The summed E-state index contributed by atoms with van der Waals surface area (Å²) in [6, 6.07) is 15.7. The summed E-state index contributed by atoms with van der Waals surface area (Å²) in [4.78, 5) is 29.5. The van der Waals surface area contributed by atoms with Gasteiger partial charge in [0.05, 0.1) is 0 Å². The van der Waals surface area contributed by atoms with Crippen molar-refractivity contribution in [3.63, 3.8) is 0 Å².